The Hall–Kier alpha value is -4.10. The molecule has 48 heavy (non-hydrogen) atoms. The molecular formula is C35H35ClF2N2O7S. The van der Waals surface area contributed by atoms with Crippen LogP contribution in [0.1, 0.15) is 38.3 Å². The minimum absolute atomic E-state index is 0.0230. The summed E-state index contributed by atoms with van der Waals surface area (Å²) >= 11 is 6.18. The maximum Gasteiger partial charge on any atom is 0.414 e. The van der Waals surface area contributed by atoms with Crippen molar-refractivity contribution in [3.05, 3.63) is 107 Å². The van der Waals surface area contributed by atoms with E-state index in [1.165, 1.54) is 18.2 Å². The standard InChI is InChI=1S/C35H35ClF2N2O7S/c1-33(2,3)47-32(42)40-19-18-35(37,38)34(43,27-21-25(36)16-17-29(27)40)22-46-31(41)28(20-23-10-5-4-6-11-23)39-48(44,45)30-15-9-13-24-12-7-8-14-26(24)30/h4-17,21,28,39,43H,18-20,22H2,1-3H3/t28-,34-/m0/s1. The number of carbonyl (C=O) groups excluding carboxylic acids is 2. The molecule has 1 aliphatic heterocycles. The number of halogens is 3. The SMILES string of the molecule is CC(C)(C)OC(=O)N1CCC(F)(F)[C@](O)(COC(=O)[C@H](Cc2ccccc2)NS(=O)(=O)c2cccc3ccccc23)c2cc(Cl)ccc21. The number of amides is 1. The molecule has 4 aromatic rings. The summed E-state index contributed by atoms with van der Waals surface area (Å²) in [4.78, 5) is 27.7. The van der Waals surface area contributed by atoms with Crippen LogP contribution in [0.5, 0.6) is 0 Å². The second-order valence-corrected chi connectivity index (χ2v) is 14.7. The van der Waals surface area contributed by atoms with E-state index in [1.807, 2.05) is 0 Å². The van der Waals surface area contributed by atoms with Crippen molar-refractivity contribution in [1.82, 2.24) is 4.72 Å². The van der Waals surface area contributed by atoms with Gasteiger partial charge in [0, 0.05) is 28.9 Å². The number of fused-ring (bicyclic) bond motifs is 2. The summed E-state index contributed by atoms with van der Waals surface area (Å²) in [6, 6.07) is 22.1. The molecule has 4 aromatic carbocycles. The van der Waals surface area contributed by atoms with Gasteiger partial charge in [-0.15, -0.1) is 0 Å². The predicted molar refractivity (Wildman–Crippen MR) is 178 cm³/mol. The summed E-state index contributed by atoms with van der Waals surface area (Å²) in [5.41, 5.74) is -4.12. The molecule has 2 atom stereocenters. The third-order valence-electron chi connectivity index (χ3n) is 7.89. The average molecular weight is 701 g/mol. The molecule has 1 aliphatic rings. The quantitative estimate of drug-likeness (QED) is 0.199. The van der Waals surface area contributed by atoms with E-state index in [0.29, 0.717) is 16.3 Å². The van der Waals surface area contributed by atoms with Gasteiger partial charge in [-0.25, -0.2) is 22.0 Å². The smallest absolute Gasteiger partial charge is 0.414 e. The molecule has 13 heteroatoms. The molecule has 0 fully saturated rings. The minimum Gasteiger partial charge on any atom is -0.461 e. The van der Waals surface area contributed by atoms with Crippen molar-refractivity contribution >= 4 is 50.1 Å². The Labute approximate surface area is 282 Å². The zero-order valence-corrected chi connectivity index (χ0v) is 28.0. The Kier molecular flexibility index (Phi) is 9.85. The summed E-state index contributed by atoms with van der Waals surface area (Å²) in [5.74, 6) is -5.15. The number of sulfonamides is 1. The highest BCUT2D eigenvalue weighted by atomic mass is 35.5. The summed E-state index contributed by atoms with van der Waals surface area (Å²) in [7, 11) is -4.36. The number of rotatable bonds is 8. The second kappa shape index (κ2) is 13.4. The normalized spacial score (nSPS) is 18.4. The van der Waals surface area contributed by atoms with Gasteiger partial charge in [-0.1, -0.05) is 78.3 Å². The number of esters is 1. The molecule has 9 nitrogen and oxygen atoms in total. The lowest BCUT2D eigenvalue weighted by molar-refractivity contribution is -0.214. The van der Waals surface area contributed by atoms with Crippen LogP contribution >= 0.6 is 11.6 Å². The van der Waals surface area contributed by atoms with Gasteiger partial charge in [0.25, 0.3) is 5.92 Å². The van der Waals surface area contributed by atoms with E-state index in [9.17, 15) is 23.1 Å². The first-order chi connectivity index (χ1) is 22.5. The van der Waals surface area contributed by atoms with Crippen LogP contribution in [-0.4, -0.2) is 56.3 Å². The number of alkyl halides is 2. The van der Waals surface area contributed by atoms with Crippen LogP contribution in [-0.2, 0) is 36.3 Å². The lowest BCUT2D eigenvalue weighted by Crippen LogP contribution is -2.51. The Balaban J connectivity index is 1.48. The molecule has 254 valence electrons. The Morgan fingerprint density at radius 2 is 1.67 bits per heavy atom. The van der Waals surface area contributed by atoms with E-state index in [2.05, 4.69) is 4.72 Å². The molecule has 1 amide bonds. The highest BCUT2D eigenvalue weighted by Crippen LogP contribution is 2.48. The fraction of sp³-hybridized carbons (Fsp3) is 0.314. The number of benzene rings is 4. The summed E-state index contributed by atoms with van der Waals surface area (Å²) in [5, 5.41) is 12.8. The number of hydrogen-bond acceptors (Lipinski definition) is 7. The van der Waals surface area contributed by atoms with Crippen molar-refractivity contribution in [2.24, 2.45) is 0 Å². The van der Waals surface area contributed by atoms with Crippen LogP contribution in [0.15, 0.2) is 95.9 Å². The maximum atomic E-state index is 16.0. The Bertz CT molecular complexity index is 1930. The molecule has 0 spiro atoms. The molecule has 0 unspecified atom stereocenters. The first-order valence-electron chi connectivity index (χ1n) is 15.1. The molecule has 2 N–H and O–H groups in total. The highest BCUT2D eigenvalue weighted by molar-refractivity contribution is 7.89. The van der Waals surface area contributed by atoms with Crippen molar-refractivity contribution in [2.45, 2.75) is 61.7 Å². The van der Waals surface area contributed by atoms with E-state index in [-0.39, 0.29) is 22.0 Å². The van der Waals surface area contributed by atoms with Gasteiger partial charge in [0.2, 0.25) is 10.0 Å². The van der Waals surface area contributed by atoms with E-state index in [0.717, 1.165) is 11.0 Å². The third-order valence-corrected chi connectivity index (χ3v) is 9.66. The number of aliphatic hydroxyl groups is 1. The van der Waals surface area contributed by atoms with Gasteiger partial charge >= 0.3 is 12.1 Å². The van der Waals surface area contributed by atoms with Crippen LogP contribution < -0.4 is 9.62 Å². The zero-order valence-electron chi connectivity index (χ0n) is 26.5. The zero-order chi connectivity index (χ0) is 34.9. The predicted octanol–water partition coefficient (Wildman–Crippen LogP) is 6.59. The summed E-state index contributed by atoms with van der Waals surface area (Å²) in [6.07, 6.45) is -2.13. The molecule has 0 saturated carbocycles. The van der Waals surface area contributed by atoms with Crippen molar-refractivity contribution in [3.8, 4) is 0 Å². The molecule has 0 radical (unpaired) electrons. The van der Waals surface area contributed by atoms with Crippen molar-refractivity contribution in [3.63, 3.8) is 0 Å². The van der Waals surface area contributed by atoms with Crippen molar-refractivity contribution < 1.29 is 41.4 Å². The van der Waals surface area contributed by atoms with Crippen LogP contribution in [0.4, 0.5) is 19.3 Å². The fourth-order valence-electron chi connectivity index (χ4n) is 5.52. The van der Waals surface area contributed by atoms with Crippen molar-refractivity contribution in [2.75, 3.05) is 18.1 Å². The number of ether oxygens (including phenoxy) is 2. The maximum absolute atomic E-state index is 16.0. The topological polar surface area (TPSA) is 122 Å². The van der Waals surface area contributed by atoms with E-state index < -0.39 is 70.4 Å². The minimum atomic E-state index is -4.36. The van der Waals surface area contributed by atoms with Gasteiger partial charge in [-0.2, -0.15) is 4.72 Å². The van der Waals surface area contributed by atoms with Gasteiger partial charge in [-0.3, -0.25) is 9.69 Å². The van der Waals surface area contributed by atoms with Gasteiger partial charge < -0.3 is 14.6 Å². The first-order valence-corrected chi connectivity index (χ1v) is 17.0. The number of carbonyl (C=O) groups is 2. The first kappa shape index (κ1) is 35.2. The van der Waals surface area contributed by atoms with Crippen LogP contribution in [0.25, 0.3) is 10.8 Å². The van der Waals surface area contributed by atoms with Crippen LogP contribution in [0.3, 0.4) is 0 Å². The molecular weight excluding hydrogens is 666 g/mol. The highest BCUT2D eigenvalue weighted by Gasteiger charge is 2.58. The van der Waals surface area contributed by atoms with Gasteiger partial charge in [0.15, 0.2) is 5.60 Å². The second-order valence-electron chi connectivity index (χ2n) is 12.6. The van der Waals surface area contributed by atoms with E-state index in [1.54, 1.807) is 87.5 Å². The van der Waals surface area contributed by atoms with E-state index >= 15 is 8.78 Å². The van der Waals surface area contributed by atoms with Crippen LogP contribution in [0.2, 0.25) is 5.02 Å². The molecule has 0 aromatic heterocycles. The monoisotopic (exact) mass is 700 g/mol. The largest absolute Gasteiger partial charge is 0.461 e. The third kappa shape index (κ3) is 7.46. The Morgan fingerprint density at radius 1 is 1.00 bits per heavy atom. The summed E-state index contributed by atoms with van der Waals surface area (Å²) in [6.45, 7) is 3.05. The molecule has 1 heterocycles. The van der Waals surface area contributed by atoms with Gasteiger partial charge in [0.05, 0.1) is 10.6 Å². The van der Waals surface area contributed by atoms with Crippen molar-refractivity contribution in [1.29, 1.82) is 0 Å². The lowest BCUT2D eigenvalue weighted by Gasteiger charge is -2.35. The summed E-state index contributed by atoms with van der Waals surface area (Å²) < 4.78 is 72.6. The van der Waals surface area contributed by atoms with Gasteiger partial charge in [-0.05, 0) is 62.4 Å². The number of anilines is 1. The fourth-order valence-corrected chi connectivity index (χ4v) is 7.11. The molecule has 0 aliphatic carbocycles. The number of nitrogens with one attached hydrogen (secondary N) is 1. The molecule has 5 rings (SSSR count). The lowest BCUT2D eigenvalue weighted by atomic mass is 9.86. The molecule has 0 saturated heterocycles. The van der Waals surface area contributed by atoms with Gasteiger partial charge in [0.1, 0.15) is 18.2 Å². The Morgan fingerprint density at radius 3 is 2.38 bits per heavy atom. The van der Waals surface area contributed by atoms with Crippen LogP contribution in [0, 0.1) is 0 Å². The van der Waals surface area contributed by atoms with E-state index in [4.69, 9.17) is 21.1 Å². The number of hydrogen-bond donors (Lipinski definition) is 2. The molecule has 0 bridgehead atoms. The average Bonchev–Trinajstić information content (AvgIpc) is 3.10. The number of nitrogens with zero attached hydrogens (tertiary/aromatic N) is 1.